The van der Waals surface area contributed by atoms with Crippen LogP contribution in [-0.2, 0) is 15.1 Å². The number of rotatable bonds is 0. The van der Waals surface area contributed by atoms with Gasteiger partial charge in [-0.25, -0.2) is 0 Å². The van der Waals surface area contributed by atoms with Gasteiger partial charge in [-0.1, -0.05) is 12.1 Å². The van der Waals surface area contributed by atoms with Crippen LogP contribution in [0.15, 0.2) is 36.7 Å². The Kier molecular flexibility index (Phi) is 4.01. The third-order valence-corrected chi connectivity index (χ3v) is 1.38. The molecule has 2 nitrogen and oxygen atoms in total. The summed E-state index contributed by atoms with van der Waals surface area (Å²) in [5, 5.41) is 0. The molecule has 4 heteroatoms. The fourth-order valence-corrected chi connectivity index (χ4v) is 0.910. The molecule has 1 heterocycles. The first kappa shape index (κ1) is 9.46. The number of para-hydroxylation sites is 2. The average molecular weight is 229 g/mol. The van der Waals surface area contributed by atoms with Crippen LogP contribution in [0.5, 0.6) is 0 Å². The van der Waals surface area contributed by atoms with E-state index in [0.29, 0.717) is 0 Å². The second kappa shape index (κ2) is 5.09. The van der Waals surface area contributed by atoms with Crippen molar-refractivity contribution in [3.05, 3.63) is 36.7 Å². The molecule has 0 aliphatic carbocycles. The van der Waals surface area contributed by atoms with Gasteiger partial charge in [-0.3, -0.25) is 9.97 Å². The van der Waals surface area contributed by atoms with Gasteiger partial charge in [-0.15, -0.1) is 0 Å². The largest absolute Gasteiger partial charge is 0.253 e. The van der Waals surface area contributed by atoms with Crippen molar-refractivity contribution in [1.82, 2.24) is 9.97 Å². The van der Waals surface area contributed by atoms with E-state index in [2.05, 4.69) is 35.2 Å². The van der Waals surface area contributed by atoms with Crippen molar-refractivity contribution in [3.63, 3.8) is 0 Å². The Hall–Kier alpha value is -0.631. The molecule has 0 spiro atoms. The van der Waals surface area contributed by atoms with Gasteiger partial charge in [0.2, 0.25) is 0 Å². The fourth-order valence-electron chi connectivity index (χ4n) is 0.910. The molecular formula is C8H6ClCuN2. The molecule has 0 N–H and O–H groups in total. The van der Waals surface area contributed by atoms with Crippen LogP contribution in [-0.4, -0.2) is 9.97 Å². The predicted molar refractivity (Wildman–Crippen MR) is 45.4 cm³/mol. The molecule has 0 saturated heterocycles. The molecule has 0 aliphatic rings. The van der Waals surface area contributed by atoms with Crippen LogP contribution >= 0.6 is 10.1 Å². The maximum absolute atomic E-state index is 4.20. The first-order valence-corrected chi connectivity index (χ1v) is 4.53. The van der Waals surface area contributed by atoms with E-state index in [1.165, 1.54) is 0 Å². The third-order valence-electron chi connectivity index (χ3n) is 1.38. The molecule has 0 amide bonds. The minimum absolute atomic E-state index is 0.949. The monoisotopic (exact) mass is 228 g/mol. The summed E-state index contributed by atoms with van der Waals surface area (Å²) < 4.78 is 0. The quantitative estimate of drug-likeness (QED) is 0.648. The second-order valence-corrected chi connectivity index (χ2v) is 2.05. The molecule has 0 atom stereocenters. The minimum atomic E-state index is 0.949. The van der Waals surface area contributed by atoms with Crippen molar-refractivity contribution in [2.45, 2.75) is 0 Å². The van der Waals surface area contributed by atoms with Crippen molar-refractivity contribution in [2.75, 3.05) is 0 Å². The fraction of sp³-hybridized carbons (Fsp3) is 0. The van der Waals surface area contributed by atoms with Crippen molar-refractivity contribution >= 4 is 21.1 Å². The van der Waals surface area contributed by atoms with E-state index < -0.39 is 0 Å². The predicted octanol–water partition coefficient (Wildman–Crippen LogP) is 2.32. The molecule has 12 heavy (non-hydrogen) atoms. The standard InChI is InChI=1S/C8H6N2.ClH.Cu/c1-2-4-8-7(3-1)9-5-6-10-8;;/h1-6H;1H;/q;;+1/p-1. The Morgan fingerprint density at radius 2 is 1.33 bits per heavy atom. The summed E-state index contributed by atoms with van der Waals surface area (Å²) in [5.74, 6) is 0. The van der Waals surface area contributed by atoms with Crippen LogP contribution in [0.4, 0.5) is 0 Å². The van der Waals surface area contributed by atoms with E-state index >= 15 is 0 Å². The van der Waals surface area contributed by atoms with Crippen LogP contribution in [0.2, 0.25) is 0 Å². The van der Waals surface area contributed by atoms with Crippen LogP contribution < -0.4 is 0 Å². The normalized spacial score (nSPS) is 8.92. The number of hydrogen-bond donors (Lipinski definition) is 0. The molecule has 1 aromatic heterocycles. The van der Waals surface area contributed by atoms with Crippen LogP contribution in [0, 0.1) is 0 Å². The molecule has 66 valence electrons. The Labute approximate surface area is 83.0 Å². The number of halogens is 1. The topological polar surface area (TPSA) is 25.8 Å². The van der Waals surface area contributed by atoms with Gasteiger partial charge in [-0.05, 0) is 12.1 Å². The first-order chi connectivity index (χ1) is 5.97. The maximum atomic E-state index is 4.20. The van der Waals surface area contributed by atoms with Crippen molar-refractivity contribution in [3.8, 4) is 0 Å². The Morgan fingerprint density at radius 3 is 1.75 bits per heavy atom. The summed E-state index contributed by atoms with van der Waals surface area (Å²) in [5.41, 5.74) is 1.90. The van der Waals surface area contributed by atoms with Crippen LogP contribution in [0.25, 0.3) is 11.0 Å². The summed E-state index contributed by atoms with van der Waals surface area (Å²) in [6.07, 6.45) is 3.39. The maximum Gasteiger partial charge on any atom is 0.0886 e. The number of aromatic nitrogens is 2. The summed E-state index contributed by atoms with van der Waals surface area (Å²) in [6, 6.07) is 7.80. The molecule has 2 rings (SSSR count). The van der Waals surface area contributed by atoms with Gasteiger partial charge in [0.05, 0.1) is 11.0 Å². The van der Waals surface area contributed by atoms with Gasteiger partial charge < -0.3 is 0 Å². The van der Waals surface area contributed by atoms with Crippen molar-refractivity contribution in [1.29, 1.82) is 0 Å². The molecule has 0 radical (unpaired) electrons. The zero-order chi connectivity index (χ0) is 8.81. The van der Waals surface area contributed by atoms with Gasteiger partial charge in [-0.2, -0.15) is 0 Å². The van der Waals surface area contributed by atoms with E-state index in [9.17, 15) is 0 Å². The Morgan fingerprint density at radius 1 is 0.917 bits per heavy atom. The molecule has 0 saturated carbocycles. The molecule has 0 unspecified atom stereocenters. The van der Waals surface area contributed by atoms with E-state index in [1.807, 2.05) is 24.3 Å². The van der Waals surface area contributed by atoms with Crippen molar-refractivity contribution in [2.24, 2.45) is 0 Å². The number of fused-ring (bicyclic) bond motifs is 1. The summed E-state index contributed by atoms with van der Waals surface area (Å²) in [6.45, 7) is 0. The van der Waals surface area contributed by atoms with Gasteiger partial charge in [0.25, 0.3) is 0 Å². The van der Waals surface area contributed by atoms with Crippen LogP contribution in [0.1, 0.15) is 0 Å². The molecule has 0 fully saturated rings. The van der Waals surface area contributed by atoms with E-state index in [4.69, 9.17) is 0 Å². The molecule has 0 aliphatic heterocycles. The smallest absolute Gasteiger partial charge is 0.0886 e. The second-order valence-electron chi connectivity index (χ2n) is 2.05. The zero-order valence-corrected chi connectivity index (χ0v) is 7.74. The first-order valence-electron chi connectivity index (χ1n) is 3.24. The SMILES string of the molecule is [Cl][Cu].c1ccc2nccnc2c1. The van der Waals surface area contributed by atoms with Gasteiger partial charge in [0, 0.05) is 12.4 Å². The molecule has 2 aromatic rings. The minimum Gasteiger partial charge on any atom is -0.253 e. The average Bonchev–Trinajstić information content (AvgIpc) is 2.21. The van der Waals surface area contributed by atoms with Gasteiger partial charge in [0.15, 0.2) is 0 Å². The van der Waals surface area contributed by atoms with Crippen molar-refractivity contribution < 1.29 is 15.1 Å². The molecular weight excluding hydrogens is 223 g/mol. The van der Waals surface area contributed by atoms with Gasteiger partial charge >= 0.3 is 25.2 Å². The van der Waals surface area contributed by atoms with Crippen LogP contribution in [0.3, 0.4) is 0 Å². The molecule has 0 bridgehead atoms. The van der Waals surface area contributed by atoms with E-state index in [0.717, 1.165) is 11.0 Å². The number of benzene rings is 1. The Balaban J connectivity index is 0.000000336. The van der Waals surface area contributed by atoms with E-state index in [1.54, 1.807) is 12.4 Å². The molecule has 1 aromatic carbocycles. The van der Waals surface area contributed by atoms with Gasteiger partial charge in [0.1, 0.15) is 0 Å². The van der Waals surface area contributed by atoms with E-state index in [-0.39, 0.29) is 0 Å². The summed E-state index contributed by atoms with van der Waals surface area (Å²) >= 11 is 3.66. The summed E-state index contributed by atoms with van der Waals surface area (Å²) in [7, 11) is 4.20. The zero-order valence-electron chi connectivity index (χ0n) is 6.04. The Bertz CT molecular complexity index is 288. The number of hydrogen-bond acceptors (Lipinski definition) is 2. The third kappa shape index (κ3) is 2.18. The summed E-state index contributed by atoms with van der Waals surface area (Å²) in [4.78, 5) is 8.24. The number of nitrogens with zero attached hydrogens (tertiary/aromatic N) is 2.